The van der Waals surface area contributed by atoms with Gasteiger partial charge in [-0.05, 0) is 12.8 Å². The Morgan fingerprint density at radius 1 is 0.600 bits per heavy atom. The van der Waals surface area contributed by atoms with Gasteiger partial charge in [-0.3, -0.25) is 0 Å². The third kappa shape index (κ3) is 27.6. The quantitative estimate of drug-likeness (QED) is 0.0504. The van der Waals surface area contributed by atoms with Crippen molar-refractivity contribution in [3.63, 3.8) is 0 Å². The van der Waals surface area contributed by atoms with Gasteiger partial charge in [-0.2, -0.15) is 0 Å². The van der Waals surface area contributed by atoms with Crippen molar-refractivity contribution in [2.45, 2.75) is 135 Å². The number of thiocarbonyl (C=S) groups is 1. The first kappa shape index (κ1) is 29.6. The molecule has 0 aromatic carbocycles. The highest BCUT2D eigenvalue weighted by Gasteiger charge is 1.96. The Morgan fingerprint density at radius 2 is 0.900 bits per heavy atom. The summed E-state index contributed by atoms with van der Waals surface area (Å²) in [5.74, 6) is 0. The van der Waals surface area contributed by atoms with E-state index in [0.29, 0.717) is 10.9 Å². The number of aliphatic imine (C=N–C) groups is 1. The molecule has 1 N–H and O–H groups in total. The maximum atomic E-state index is 9.94. The van der Waals surface area contributed by atoms with Crippen LogP contribution in [0.2, 0.25) is 0 Å². The van der Waals surface area contributed by atoms with Crippen LogP contribution >= 0.6 is 24.8 Å². The molecule has 0 bridgehead atoms. The van der Waals surface area contributed by atoms with Crippen molar-refractivity contribution < 1.29 is 4.79 Å². The van der Waals surface area contributed by atoms with Crippen LogP contribution in [-0.2, 0) is 4.79 Å². The lowest BCUT2D eigenvalue weighted by atomic mass is 10.0. The molecule has 0 aliphatic carbocycles. The maximum absolute atomic E-state index is 9.94. The second-order valence-electron chi connectivity index (χ2n) is 8.63. The molecule has 0 amide bonds. The molecule has 0 saturated heterocycles. The van der Waals surface area contributed by atoms with Gasteiger partial charge in [0.15, 0.2) is 0 Å². The number of hydrogen-bond acceptors (Lipinski definition) is 3. The Balaban J connectivity index is 3.02. The van der Waals surface area contributed by atoms with Gasteiger partial charge in [0, 0.05) is 6.54 Å². The molecule has 0 aliphatic rings. The fourth-order valence-electron chi connectivity index (χ4n) is 3.92. The second kappa shape index (κ2) is 26.7. The van der Waals surface area contributed by atoms with Crippen molar-refractivity contribution >= 4 is 35.2 Å². The summed E-state index contributed by atoms with van der Waals surface area (Å²) in [6.07, 6.45) is 30.2. The summed E-state index contributed by atoms with van der Waals surface area (Å²) < 4.78 is 0.619. The van der Waals surface area contributed by atoms with Gasteiger partial charge < -0.3 is 5.32 Å². The molecule has 0 aromatic heterocycles. The van der Waals surface area contributed by atoms with Gasteiger partial charge in [0.1, 0.15) is 4.32 Å². The first-order chi connectivity index (χ1) is 14.8. The molecule has 3 nitrogen and oxygen atoms in total. The van der Waals surface area contributed by atoms with E-state index >= 15 is 0 Å². The second-order valence-corrected chi connectivity index (χ2v) is 9.79. The van der Waals surface area contributed by atoms with Crippen molar-refractivity contribution in [3.8, 4) is 0 Å². The van der Waals surface area contributed by atoms with E-state index in [1.807, 2.05) is 0 Å². The zero-order valence-electron chi connectivity index (χ0n) is 19.5. The van der Waals surface area contributed by atoms with Crippen LogP contribution in [0.1, 0.15) is 135 Å². The van der Waals surface area contributed by atoms with Crippen LogP contribution in [0.4, 0.5) is 0 Å². The molecule has 0 spiro atoms. The lowest BCUT2D eigenvalue weighted by Crippen LogP contribution is -2.17. The molecule has 0 rings (SSSR count). The third-order valence-electron chi connectivity index (χ3n) is 5.79. The number of isocyanates is 1. The molecule has 0 unspecified atom stereocenters. The number of hydrogen-bond donors (Lipinski definition) is 2. The number of nitrogens with one attached hydrogen (secondary N) is 1. The Morgan fingerprint density at radius 3 is 1.20 bits per heavy atom. The topological polar surface area (TPSA) is 41.5 Å². The van der Waals surface area contributed by atoms with E-state index in [1.54, 1.807) is 6.08 Å². The van der Waals surface area contributed by atoms with Crippen LogP contribution in [0.25, 0.3) is 0 Å². The fourth-order valence-corrected chi connectivity index (χ4v) is 4.13. The molecule has 0 radical (unpaired) electrons. The summed E-state index contributed by atoms with van der Waals surface area (Å²) in [5, 5.41) is 3.10. The minimum Gasteiger partial charge on any atom is -0.371 e. The molecule has 0 aromatic rings. The van der Waals surface area contributed by atoms with Crippen LogP contribution in [0.3, 0.4) is 0 Å². The number of carbonyl (C=O) groups excluding carboxylic acids is 1. The average Bonchev–Trinajstić information content (AvgIpc) is 2.73. The summed E-state index contributed by atoms with van der Waals surface area (Å²) in [7, 11) is 0. The van der Waals surface area contributed by atoms with Crippen molar-refractivity contribution in [2.24, 2.45) is 4.99 Å². The minimum absolute atomic E-state index is 0.619. The summed E-state index contributed by atoms with van der Waals surface area (Å²) in [4.78, 5) is 13.5. The molecule has 5 heteroatoms. The summed E-state index contributed by atoms with van der Waals surface area (Å²) in [6, 6.07) is 0. The average molecular weight is 457 g/mol. The van der Waals surface area contributed by atoms with Crippen LogP contribution in [-0.4, -0.2) is 23.5 Å². The molecule has 0 saturated carbocycles. The van der Waals surface area contributed by atoms with Crippen LogP contribution in [0, 0.1) is 0 Å². The van der Waals surface area contributed by atoms with E-state index < -0.39 is 0 Å². The van der Waals surface area contributed by atoms with E-state index in [2.05, 4.69) is 22.9 Å². The number of unbranched alkanes of at least 4 members (excludes halogenated alkanes) is 20. The van der Waals surface area contributed by atoms with Gasteiger partial charge >= 0.3 is 0 Å². The van der Waals surface area contributed by atoms with E-state index in [9.17, 15) is 4.79 Å². The van der Waals surface area contributed by atoms with E-state index in [0.717, 1.165) is 13.0 Å². The molecule has 0 fully saturated rings. The Kier molecular flexibility index (Phi) is 26.3. The molecular weight excluding hydrogens is 408 g/mol. The highest BCUT2D eigenvalue weighted by Crippen LogP contribution is 2.15. The fraction of sp³-hybridized carbons (Fsp3) is 0.920. The predicted molar refractivity (Wildman–Crippen MR) is 140 cm³/mol. The lowest BCUT2D eigenvalue weighted by molar-refractivity contribution is 0.519. The van der Waals surface area contributed by atoms with Crippen molar-refractivity contribution in [3.05, 3.63) is 0 Å². The SMILES string of the molecule is O=C=NCCCCCCCCCCCCCCCCCCCCCCCNC(=S)S. The minimum atomic E-state index is 0.619. The molecule has 0 heterocycles. The van der Waals surface area contributed by atoms with Crippen LogP contribution in [0.5, 0.6) is 0 Å². The van der Waals surface area contributed by atoms with Gasteiger partial charge in [0.25, 0.3) is 0 Å². The summed E-state index contributed by atoms with van der Waals surface area (Å²) in [5.41, 5.74) is 0. The van der Waals surface area contributed by atoms with Crippen LogP contribution in [0.15, 0.2) is 4.99 Å². The molecular formula is C25H48N2OS2. The van der Waals surface area contributed by atoms with Gasteiger partial charge in [-0.25, -0.2) is 9.79 Å². The van der Waals surface area contributed by atoms with Crippen LogP contribution < -0.4 is 5.32 Å². The number of rotatable bonds is 24. The smallest absolute Gasteiger partial charge is 0.234 e. The zero-order chi connectivity index (χ0) is 22.0. The van der Waals surface area contributed by atoms with Gasteiger partial charge in [-0.1, -0.05) is 134 Å². The first-order valence-corrected chi connectivity index (χ1v) is 13.6. The lowest BCUT2D eigenvalue weighted by Gasteiger charge is -2.04. The number of nitrogens with zero attached hydrogens (tertiary/aromatic N) is 1. The summed E-state index contributed by atoms with van der Waals surface area (Å²) >= 11 is 8.94. The van der Waals surface area contributed by atoms with Crippen molar-refractivity contribution in [2.75, 3.05) is 13.1 Å². The predicted octanol–water partition coefficient (Wildman–Crippen LogP) is 8.32. The third-order valence-corrected chi connectivity index (χ3v) is 6.09. The van der Waals surface area contributed by atoms with Gasteiger partial charge in [0.05, 0.1) is 6.54 Å². The Hall–Kier alpha value is -0.380. The van der Waals surface area contributed by atoms with Gasteiger partial charge in [-0.15, -0.1) is 12.6 Å². The Bertz CT molecular complexity index is 388. The highest BCUT2D eigenvalue weighted by molar-refractivity contribution is 8.11. The normalized spacial score (nSPS) is 10.7. The van der Waals surface area contributed by atoms with Gasteiger partial charge in [0.2, 0.25) is 6.08 Å². The monoisotopic (exact) mass is 456 g/mol. The highest BCUT2D eigenvalue weighted by atomic mass is 32.1. The first-order valence-electron chi connectivity index (χ1n) is 12.8. The maximum Gasteiger partial charge on any atom is 0.234 e. The van der Waals surface area contributed by atoms with E-state index in [1.165, 1.54) is 128 Å². The molecule has 0 atom stereocenters. The summed E-state index contributed by atoms with van der Waals surface area (Å²) in [6.45, 7) is 1.64. The standard InChI is InChI=1S/C25H48N2OS2/c28-24-26-22-20-18-16-14-12-10-8-6-4-2-1-3-5-7-9-11-13-15-17-19-21-23-27-25(29)30/h1-23H2,(H2,27,29,30). The molecule has 30 heavy (non-hydrogen) atoms. The largest absolute Gasteiger partial charge is 0.371 e. The number of thiol groups is 1. The van der Waals surface area contributed by atoms with E-state index in [4.69, 9.17) is 12.2 Å². The molecule has 0 aliphatic heterocycles. The Labute approximate surface area is 198 Å². The zero-order valence-corrected chi connectivity index (χ0v) is 21.2. The van der Waals surface area contributed by atoms with E-state index in [-0.39, 0.29) is 0 Å². The van der Waals surface area contributed by atoms with Crippen molar-refractivity contribution in [1.29, 1.82) is 0 Å². The van der Waals surface area contributed by atoms with Crippen molar-refractivity contribution in [1.82, 2.24) is 5.32 Å². The molecule has 176 valence electrons.